The van der Waals surface area contributed by atoms with Crippen molar-refractivity contribution >= 4 is 22.9 Å². The van der Waals surface area contributed by atoms with E-state index >= 15 is 0 Å². The number of amides is 1. The molecule has 1 saturated heterocycles. The largest absolute Gasteiger partial charge is 0.497 e. The van der Waals surface area contributed by atoms with Crippen molar-refractivity contribution in [2.75, 3.05) is 38.2 Å². The molecule has 0 aliphatic carbocycles. The van der Waals surface area contributed by atoms with Crippen molar-refractivity contribution in [1.82, 2.24) is 24.4 Å². The Morgan fingerprint density at radius 1 is 0.943 bits per heavy atom. The molecule has 5 rings (SSSR count). The minimum absolute atomic E-state index is 0.0176. The summed E-state index contributed by atoms with van der Waals surface area (Å²) in [5, 5.41) is 0. The van der Waals surface area contributed by atoms with Gasteiger partial charge in [-0.3, -0.25) is 14.2 Å². The summed E-state index contributed by atoms with van der Waals surface area (Å²) in [6.07, 6.45) is 3.94. The average molecular weight is 471 g/mol. The molecule has 1 aliphatic rings. The lowest BCUT2D eigenvalue weighted by Gasteiger charge is -2.34. The lowest BCUT2D eigenvalue weighted by atomic mass is 10.1. The number of fused-ring (bicyclic) bond motifs is 1. The summed E-state index contributed by atoms with van der Waals surface area (Å²) in [5.41, 5.74) is 2.32. The van der Waals surface area contributed by atoms with Crippen molar-refractivity contribution in [2.45, 2.75) is 12.8 Å². The number of benzene rings is 2. The van der Waals surface area contributed by atoms with Crippen LogP contribution in [0.2, 0.25) is 0 Å². The van der Waals surface area contributed by atoms with E-state index in [1.54, 1.807) is 30.1 Å². The number of anilines is 1. The molecule has 0 atom stereocenters. The number of para-hydroxylation sites is 2. The molecule has 0 N–H and O–H groups in total. The van der Waals surface area contributed by atoms with Crippen molar-refractivity contribution in [2.24, 2.45) is 0 Å². The average Bonchev–Trinajstić information content (AvgIpc) is 2.92. The maximum Gasteiger partial charge on any atom is 0.277 e. The number of aromatic nitrogens is 4. The minimum Gasteiger partial charge on any atom is -0.497 e. The Balaban J connectivity index is 1.33. The van der Waals surface area contributed by atoms with Crippen molar-refractivity contribution in [3.63, 3.8) is 0 Å². The molecule has 178 valence electrons. The van der Waals surface area contributed by atoms with Crippen LogP contribution in [-0.2, 0) is 11.2 Å². The van der Waals surface area contributed by atoms with E-state index in [-0.39, 0.29) is 24.3 Å². The second-order valence-corrected chi connectivity index (χ2v) is 8.30. The normalized spacial score (nSPS) is 13.7. The SMILES string of the molecule is COc1ccc(-n2c(=O)c(CCC(=O)N3CCN(c4ncccn4)CC3)nc3ccccc32)cc1. The smallest absolute Gasteiger partial charge is 0.277 e. The molecule has 35 heavy (non-hydrogen) atoms. The fourth-order valence-electron chi connectivity index (χ4n) is 4.32. The van der Waals surface area contributed by atoms with Gasteiger partial charge in [0, 0.05) is 57.1 Å². The Kier molecular flexibility index (Phi) is 6.38. The topological polar surface area (TPSA) is 93.5 Å². The van der Waals surface area contributed by atoms with E-state index in [1.807, 2.05) is 53.4 Å². The zero-order valence-electron chi connectivity index (χ0n) is 19.5. The van der Waals surface area contributed by atoms with E-state index in [0.29, 0.717) is 49.1 Å². The van der Waals surface area contributed by atoms with E-state index in [2.05, 4.69) is 19.9 Å². The second-order valence-electron chi connectivity index (χ2n) is 8.30. The molecule has 4 aromatic rings. The Bertz CT molecular complexity index is 1380. The Hall–Kier alpha value is -4.27. The van der Waals surface area contributed by atoms with Gasteiger partial charge in [-0.05, 0) is 42.5 Å². The molecule has 9 heteroatoms. The number of nitrogens with zero attached hydrogens (tertiary/aromatic N) is 6. The summed E-state index contributed by atoms with van der Waals surface area (Å²) < 4.78 is 6.90. The molecule has 3 heterocycles. The number of carbonyl (C=O) groups is 1. The molecular weight excluding hydrogens is 444 g/mol. The van der Waals surface area contributed by atoms with Crippen LogP contribution in [0.15, 0.2) is 71.8 Å². The van der Waals surface area contributed by atoms with Crippen LogP contribution < -0.4 is 15.2 Å². The Morgan fingerprint density at radius 2 is 1.66 bits per heavy atom. The van der Waals surface area contributed by atoms with Crippen LogP contribution in [0.5, 0.6) is 5.75 Å². The number of ether oxygens (including phenoxy) is 1. The molecule has 1 fully saturated rings. The van der Waals surface area contributed by atoms with Gasteiger partial charge >= 0.3 is 0 Å². The number of piperazine rings is 1. The molecule has 9 nitrogen and oxygen atoms in total. The Labute approximate surface area is 202 Å². The van der Waals surface area contributed by atoms with Gasteiger partial charge in [-0.15, -0.1) is 0 Å². The van der Waals surface area contributed by atoms with Crippen LogP contribution >= 0.6 is 0 Å². The number of aryl methyl sites for hydroxylation is 1. The van der Waals surface area contributed by atoms with Gasteiger partial charge in [0.05, 0.1) is 18.1 Å². The highest BCUT2D eigenvalue weighted by Gasteiger charge is 2.23. The molecular formula is C26H26N6O3. The highest BCUT2D eigenvalue weighted by Crippen LogP contribution is 2.19. The number of carbonyl (C=O) groups excluding carboxylic acids is 1. The van der Waals surface area contributed by atoms with Crippen LogP contribution in [-0.4, -0.2) is 63.6 Å². The van der Waals surface area contributed by atoms with Gasteiger partial charge in [0.15, 0.2) is 0 Å². The minimum atomic E-state index is -0.215. The Morgan fingerprint density at radius 3 is 2.37 bits per heavy atom. The van der Waals surface area contributed by atoms with Gasteiger partial charge in [0.2, 0.25) is 11.9 Å². The molecule has 0 radical (unpaired) electrons. The van der Waals surface area contributed by atoms with Gasteiger partial charge < -0.3 is 14.5 Å². The lowest BCUT2D eigenvalue weighted by molar-refractivity contribution is -0.131. The first-order valence-corrected chi connectivity index (χ1v) is 11.6. The summed E-state index contributed by atoms with van der Waals surface area (Å²) >= 11 is 0. The molecule has 0 unspecified atom stereocenters. The highest BCUT2D eigenvalue weighted by molar-refractivity contribution is 5.78. The van der Waals surface area contributed by atoms with Crippen LogP contribution in [0.3, 0.4) is 0 Å². The molecule has 1 aliphatic heterocycles. The maximum atomic E-state index is 13.5. The van der Waals surface area contributed by atoms with Crippen LogP contribution in [0, 0.1) is 0 Å². The predicted octanol–water partition coefficient (Wildman–Crippen LogP) is 2.47. The van der Waals surface area contributed by atoms with Gasteiger partial charge in [0.25, 0.3) is 5.56 Å². The van der Waals surface area contributed by atoms with Crippen molar-refractivity contribution in [1.29, 1.82) is 0 Å². The number of hydrogen-bond donors (Lipinski definition) is 0. The first kappa shape index (κ1) is 22.5. The summed E-state index contributed by atoms with van der Waals surface area (Å²) in [7, 11) is 1.60. The van der Waals surface area contributed by atoms with E-state index in [1.165, 1.54) is 0 Å². The monoisotopic (exact) mass is 470 g/mol. The third-order valence-corrected chi connectivity index (χ3v) is 6.20. The molecule has 2 aromatic heterocycles. The highest BCUT2D eigenvalue weighted by atomic mass is 16.5. The molecule has 1 amide bonds. The van der Waals surface area contributed by atoms with E-state index < -0.39 is 0 Å². The van der Waals surface area contributed by atoms with Gasteiger partial charge in [-0.2, -0.15) is 0 Å². The lowest BCUT2D eigenvalue weighted by Crippen LogP contribution is -2.49. The molecule has 0 bridgehead atoms. The summed E-state index contributed by atoms with van der Waals surface area (Å²) in [5.74, 6) is 1.41. The quantitative estimate of drug-likeness (QED) is 0.427. The molecule has 2 aromatic carbocycles. The third-order valence-electron chi connectivity index (χ3n) is 6.20. The summed E-state index contributed by atoms with van der Waals surface area (Å²) in [4.78, 5) is 43.5. The second kappa shape index (κ2) is 9.92. The van der Waals surface area contributed by atoms with Crippen molar-refractivity contribution in [3.8, 4) is 11.4 Å². The molecule has 0 spiro atoms. The standard InChI is InChI=1S/C26H26N6O3/c1-35-20-9-7-19(8-10-20)32-23-6-3-2-5-21(23)29-22(25(32)34)11-12-24(33)30-15-17-31(18-16-30)26-27-13-4-14-28-26/h2-10,13-14H,11-12,15-18H2,1H3. The zero-order chi connectivity index (χ0) is 24.2. The summed E-state index contributed by atoms with van der Waals surface area (Å²) in [6.45, 7) is 2.54. The maximum absolute atomic E-state index is 13.5. The van der Waals surface area contributed by atoms with E-state index in [9.17, 15) is 9.59 Å². The first-order chi connectivity index (χ1) is 17.1. The van der Waals surface area contributed by atoms with E-state index in [0.717, 1.165) is 11.2 Å². The number of rotatable bonds is 6. The van der Waals surface area contributed by atoms with E-state index in [4.69, 9.17) is 4.74 Å². The number of hydrogen-bond acceptors (Lipinski definition) is 7. The van der Waals surface area contributed by atoms with Crippen molar-refractivity contribution in [3.05, 3.63) is 83.0 Å². The van der Waals surface area contributed by atoms with Gasteiger partial charge in [-0.25, -0.2) is 15.0 Å². The van der Waals surface area contributed by atoms with Gasteiger partial charge in [0.1, 0.15) is 11.4 Å². The van der Waals surface area contributed by atoms with Crippen LogP contribution in [0.4, 0.5) is 5.95 Å². The predicted molar refractivity (Wildman–Crippen MR) is 133 cm³/mol. The van der Waals surface area contributed by atoms with Gasteiger partial charge in [-0.1, -0.05) is 12.1 Å². The molecule has 0 saturated carbocycles. The van der Waals surface area contributed by atoms with Crippen LogP contribution in [0.1, 0.15) is 12.1 Å². The number of methoxy groups -OCH3 is 1. The first-order valence-electron chi connectivity index (χ1n) is 11.6. The fraction of sp³-hybridized carbons (Fsp3) is 0.269. The third kappa shape index (κ3) is 4.70. The van der Waals surface area contributed by atoms with Crippen LogP contribution in [0.25, 0.3) is 16.7 Å². The fourth-order valence-corrected chi connectivity index (χ4v) is 4.32. The zero-order valence-corrected chi connectivity index (χ0v) is 19.5. The summed E-state index contributed by atoms with van der Waals surface area (Å²) in [6, 6.07) is 16.6. The van der Waals surface area contributed by atoms with Crippen molar-refractivity contribution < 1.29 is 9.53 Å².